The molecule has 0 saturated heterocycles. The standard InChI is InChI=1S/C17H15FN6O2/c1-9-21-17(26-3)14-11(4-5-24(14)22-9)10-6-12(18)15-20-7-13(16(25)19-2)23(15)8-10/h4-8H,1-3H3,(H,19,25). The van der Waals surface area contributed by atoms with Crippen LogP contribution in [0.5, 0.6) is 5.88 Å². The Labute approximate surface area is 147 Å². The van der Waals surface area contributed by atoms with Gasteiger partial charge in [0.05, 0.1) is 13.3 Å². The molecule has 0 unspecified atom stereocenters. The summed E-state index contributed by atoms with van der Waals surface area (Å²) in [5, 5.41) is 6.83. The van der Waals surface area contributed by atoms with Crippen molar-refractivity contribution in [3.05, 3.63) is 48.1 Å². The minimum absolute atomic E-state index is 0.0786. The number of ether oxygens (including phenoxy) is 1. The van der Waals surface area contributed by atoms with Gasteiger partial charge in [-0.2, -0.15) is 10.1 Å². The van der Waals surface area contributed by atoms with E-state index in [9.17, 15) is 9.18 Å². The zero-order valence-corrected chi connectivity index (χ0v) is 14.3. The molecule has 0 aliphatic carbocycles. The van der Waals surface area contributed by atoms with Gasteiger partial charge in [-0.05, 0) is 19.1 Å². The highest BCUT2D eigenvalue weighted by Crippen LogP contribution is 2.31. The van der Waals surface area contributed by atoms with Crippen molar-refractivity contribution >= 4 is 17.1 Å². The molecule has 1 N–H and O–H groups in total. The number of amides is 1. The van der Waals surface area contributed by atoms with E-state index in [-0.39, 0.29) is 17.2 Å². The highest BCUT2D eigenvalue weighted by molar-refractivity contribution is 5.93. The van der Waals surface area contributed by atoms with Crippen molar-refractivity contribution in [2.45, 2.75) is 6.92 Å². The first kappa shape index (κ1) is 16.0. The molecule has 9 heteroatoms. The number of halogens is 1. The summed E-state index contributed by atoms with van der Waals surface area (Å²) in [6.45, 7) is 1.76. The normalized spacial score (nSPS) is 11.2. The lowest BCUT2D eigenvalue weighted by molar-refractivity contribution is 0.0957. The van der Waals surface area contributed by atoms with Gasteiger partial charge < -0.3 is 10.1 Å². The number of carbonyl (C=O) groups is 1. The van der Waals surface area contributed by atoms with Crippen LogP contribution >= 0.6 is 0 Å². The van der Waals surface area contributed by atoms with E-state index in [0.29, 0.717) is 28.3 Å². The number of nitrogens with one attached hydrogen (secondary N) is 1. The Morgan fingerprint density at radius 3 is 2.92 bits per heavy atom. The quantitative estimate of drug-likeness (QED) is 0.607. The molecule has 0 bridgehead atoms. The molecule has 4 rings (SSSR count). The zero-order chi connectivity index (χ0) is 18.4. The van der Waals surface area contributed by atoms with E-state index in [1.165, 1.54) is 30.8 Å². The minimum atomic E-state index is -0.538. The van der Waals surface area contributed by atoms with Gasteiger partial charge in [0.15, 0.2) is 11.5 Å². The molecule has 4 aromatic heterocycles. The molecule has 0 aliphatic rings. The van der Waals surface area contributed by atoms with E-state index in [0.717, 1.165) is 0 Å². The third-order valence-electron chi connectivity index (χ3n) is 4.11. The molecule has 26 heavy (non-hydrogen) atoms. The van der Waals surface area contributed by atoms with Gasteiger partial charge in [0.2, 0.25) is 5.88 Å². The van der Waals surface area contributed by atoms with Crippen molar-refractivity contribution in [3.8, 4) is 17.0 Å². The molecule has 1 amide bonds. The topological polar surface area (TPSA) is 85.8 Å². The van der Waals surface area contributed by atoms with Gasteiger partial charge >= 0.3 is 0 Å². The minimum Gasteiger partial charge on any atom is -0.479 e. The molecule has 132 valence electrons. The molecule has 0 fully saturated rings. The third kappa shape index (κ3) is 2.28. The lowest BCUT2D eigenvalue weighted by atomic mass is 10.1. The third-order valence-corrected chi connectivity index (χ3v) is 4.11. The molecule has 0 radical (unpaired) electrons. The van der Waals surface area contributed by atoms with Gasteiger partial charge in [-0.15, -0.1) is 0 Å². The lowest BCUT2D eigenvalue weighted by Gasteiger charge is -2.08. The highest BCUT2D eigenvalue weighted by atomic mass is 19.1. The molecule has 4 heterocycles. The van der Waals surface area contributed by atoms with E-state index in [1.807, 2.05) is 0 Å². The summed E-state index contributed by atoms with van der Waals surface area (Å²) in [5.41, 5.74) is 2.16. The summed E-state index contributed by atoms with van der Waals surface area (Å²) in [6.07, 6.45) is 4.74. The predicted octanol–water partition coefficient (Wildman–Crippen LogP) is 1.86. The number of aryl methyl sites for hydroxylation is 1. The molecule has 4 aromatic rings. The first-order valence-electron chi connectivity index (χ1n) is 7.82. The summed E-state index contributed by atoms with van der Waals surface area (Å²) in [7, 11) is 3.02. The van der Waals surface area contributed by atoms with Crippen molar-refractivity contribution in [2.75, 3.05) is 14.2 Å². The van der Waals surface area contributed by atoms with Crippen LogP contribution in [0.1, 0.15) is 16.3 Å². The Morgan fingerprint density at radius 2 is 2.19 bits per heavy atom. The van der Waals surface area contributed by atoms with Crippen molar-refractivity contribution in [1.82, 2.24) is 29.3 Å². The van der Waals surface area contributed by atoms with Gasteiger partial charge in [-0.3, -0.25) is 9.20 Å². The number of hydrogen-bond donors (Lipinski definition) is 1. The van der Waals surface area contributed by atoms with Crippen LogP contribution in [-0.2, 0) is 0 Å². The van der Waals surface area contributed by atoms with Gasteiger partial charge in [0.25, 0.3) is 5.91 Å². The van der Waals surface area contributed by atoms with Crippen molar-refractivity contribution in [3.63, 3.8) is 0 Å². The first-order chi connectivity index (χ1) is 12.5. The van der Waals surface area contributed by atoms with Crippen LogP contribution < -0.4 is 10.1 Å². The smallest absolute Gasteiger partial charge is 0.269 e. The summed E-state index contributed by atoms with van der Waals surface area (Å²) in [4.78, 5) is 20.3. The molecular formula is C17H15FN6O2. The van der Waals surface area contributed by atoms with Crippen LogP contribution in [0.3, 0.4) is 0 Å². The number of hydrogen-bond acceptors (Lipinski definition) is 5. The van der Waals surface area contributed by atoms with Crippen LogP contribution in [0.25, 0.3) is 22.3 Å². The van der Waals surface area contributed by atoms with E-state index in [1.54, 1.807) is 29.9 Å². The summed E-state index contributed by atoms with van der Waals surface area (Å²) < 4.78 is 23.0. The van der Waals surface area contributed by atoms with E-state index < -0.39 is 5.82 Å². The maximum atomic E-state index is 14.6. The van der Waals surface area contributed by atoms with Gasteiger partial charge in [-0.1, -0.05) is 0 Å². The van der Waals surface area contributed by atoms with Crippen LogP contribution in [0.15, 0.2) is 30.7 Å². The van der Waals surface area contributed by atoms with Gasteiger partial charge in [-0.25, -0.2) is 13.9 Å². The van der Waals surface area contributed by atoms with Crippen molar-refractivity contribution in [1.29, 1.82) is 0 Å². The fourth-order valence-electron chi connectivity index (χ4n) is 2.96. The molecule has 8 nitrogen and oxygen atoms in total. The molecule has 0 aromatic carbocycles. The van der Waals surface area contributed by atoms with Crippen LogP contribution in [-0.4, -0.2) is 44.0 Å². The molecule has 0 spiro atoms. The maximum Gasteiger partial charge on any atom is 0.269 e. The predicted molar refractivity (Wildman–Crippen MR) is 91.8 cm³/mol. The first-order valence-corrected chi connectivity index (χ1v) is 7.82. The maximum absolute atomic E-state index is 14.6. The second-order valence-electron chi connectivity index (χ2n) is 5.68. The SMILES string of the molecule is CNC(=O)c1cnc2c(F)cc(-c3ccn4nc(C)nc(OC)c34)cn12. The van der Waals surface area contributed by atoms with E-state index in [2.05, 4.69) is 20.4 Å². The Hall–Kier alpha value is -3.49. The second-order valence-corrected chi connectivity index (χ2v) is 5.68. The number of nitrogens with zero attached hydrogens (tertiary/aromatic N) is 5. The van der Waals surface area contributed by atoms with Crippen LogP contribution in [0.2, 0.25) is 0 Å². The number of fused-ring (bicyclic) bond motifs is 2. The number of pyridine rings is 1. The Kier molecular flexibility index (Phi) is 3.57. The average Bonchev–Trinajstić information content (AvgIpc) is 3.24. The number of imidazole rings is 1. The second kappa shape index (κ2) is 5.80. The Morgan fingerprint density at radius 1 is 1.38 bits per heavy atom. The van der Waals surface area contributed by atoms with E-state index in [4.69, 9.17) is 4.74 Å². The molecule has 0 saturated carbocycles. The fourth-order valence-corrected chi connectivity index (χ4v) is 2.96. The number of carbonyl (C=O) groups excluding carboxylic acids is 1. The monoisotopic (exact) mass is 354 g/mol. The Bertz CT molecular complexity index is 1160. The summed E-state index contributed by atoms with van der Waals surface area (Å²) in [6, 6.07) is 3.16. The largest absolute Gasteiger partial charge is 0.479 e. The summed E-state index contributed by atoms with van der Waals surface area (Å²) >= 11 is 0. The number of methoxy groups -OCH3 is 1. The average molecular weight is 354 g/mol. The van der Waals surface area contributed by atoms with Crippen molar-refractivity contribution < 1.29 is 13.9 Å². The van der Waals surface area contributed by atoms with E-state index >= 15 is 0 Å². The fraction of sp³-hybridized carbons (Fsp3) is 0.176. The highest BCUT2D eigenvalue weighted by Gasteiger charge is 2.18. The van der Waals surface area contributed by atoms with Gasteiger partial charge in [0, 0.05) is 30.6 Å². The Balaban J connectivity index is 2.00. The molecular weight excluding hydrogens is 339 g/mol. The number of rotatable bonds is 3. The molecule has 0 aliphatic heterocycles. The van der Waals surface area contributed by atoms with Crippen molar-refractivity contribution in [2.24, 2.45) is 0 Å². The zero-order valence-electron chi connectivity index (χ0n) is 14.3. The lowest BCUT2D eigenvalue weighted by Crippen LogP contribution is -2.19. The van der Waals surface area contributed by atoms with Gasteiger partial charge in [0.1, 0.15) is 17.0 Å². The van der Waals surface area contributed by atoms with Crippen LogP contribution in [0.4, 0.5) is 4.39 Å². The summed E-state index contributed by atoms with van der Waals surface area (Å²) in [5.74, 6) is 0.0427. The van der Waals surface area contributed by atoms with Crippen LogP contribution in [0, 0.1) is 12.7 Å². The molecule has 0 atom stereocenters. The number of aromatic nitrogens is 5.